The van der Waals surface area contributed by atoms with E-state index in [9.17, 15) is 1.37 Å². The standard InChI is InChI=1S/C42H26O/c1-2-13-27(14-3-1)30-17-6-7-18-31(30)40-32-19-8-10-21-34(32)41(35-22-11-9-20-33(35)40)37-24-12-23-36-38-25-28-15-4-5-16-29(28)26-39(38)43-42(36)37/h1-26H/i6D,7D,17D,18D. The zero-order valence-electron chi connectivity index (χ0n) is 27.1. The Kier molecular flexibility index (Phi) is 4.45. The van der Waals surface area contributed by atoms with Crippen molar-refractivity contribution >= 4 is 54.3 Å². The average molecular weight is 551 g/mol. The predicted octanol–water partition coefficient (Wildman–Crippen LogP) is 12.0. The van der Waals surface area contributed by atoms with Crippen LogP contribution in [0.2, 0.25) is 0 Å². The lowest BCUT2D eigenvalue weighted by molar-refractivity contribution is 0.670. The molecule has 8 aromatic carbocycles. The lowest BCUT2D eigenvalue weighted by Gasteiger charge is -2.19. The van der Waals surface area contributed by atoms with Crippen LogP contribution in [0.5, 0.6) is 0 Å². The number of para-hydroxylation sites is 1. The molecule has 0 amide bonds. The monoisotopic (exact) mass is 550 g/mol. The Balaban J connectivity index is 1.44. The smallest absolute Gasteiger partial charge is 0.143 e. The third kappa shape index (κ3) is 3.65. The van der Waals surface area contributed by atoms with Gasteiger partial charge in [-0.05, 0) is 66.7 Å². The summed E-state index contributed by atoms with van der Waals surface area (Å²) in [5, 5.41) is 8.17. The molecule has 1 heteroatoms. The molecule has 0 radical (unpaired) electrons. The quantitative estimate of drug-likeness (QED) is 0.199. The zero-order chi connectivity index (χ0) is 31.8. The number of benzene rings is 8. The highest BCUT2D eigenvalue weighted by Crippen LogP contribution is 2.48. The molecule has 1 nitrogen and oxygen atoms in total. The van der Waals surface area contributed by atoms with E-state index in [1.807, 2.05) is 60.7 Å². The summed E-state index contributed by atoms with van der Waals surface area (Å²) in [5.41, 5.74) is 6.16. The highest BCUT2D eigenvalue weighted by atomic mass is 16.3. The van der Waals surface area contributed by atoms with E-state index in [0.29, 0.717) is 11.1 Å². The Bertz CT molecular complexity index is 2670. The molecule has 0 saturated heterocycles. The van der Waals surface area contributed by atoms with Gasteiger partial charge in [-0.15, -0.1) is 0 Å². The molecule has 0 saturated carbocycles. The fraction of sp³-hybridized carbons (Fsp3) is 0. The van der Waals surface area contributed by atoms with Crippen LogP contribution < -0.4 is 0 Å². The van der Waals surface area contributed by atoms with Crippen molar-refractivity contribution in [2.45, 2.75) is 0 Å². The third-order valence-electron chi connectivity index (χ3n) is 8.57. The van der Waals surface area contributed by atoms with Gasteiger partial charge < -0.3 is 4.42 Å². The second-order valence-electron chi connectivity index (χ2n) is 10.9. The Morgan fingerprint density at radius 2 is 0.953 bits per heavy atom. The molecule has 0 aliphatic heterocycles. The van der Waals surface area contributed by atoms with Crippen molar-refractivity contribution in [3.8, 4) is 33.4 Å². The van der Waals surface area contributed by atoms with Gasteiger partial charge in [0.2, 0.25) is 0 Å². The van der Waals surface area contributed by atoms with Crippen LogP contribution in [0, 0.1) is 0 Å². The summed E-state index contributed by atoms with van der Waals surface area (Å²) in [6.07, 6.45) is 0. The van der Waals surface area contributed by atoms with Gasteiger partial charge in [0, 0.05) is 21.9 Å². The minimum absolute atomic E-state index is 0.0520. The first kappa shape index (κ1) is 20.3. The highest BCUT2D eigenvalue weighted by molar-refractivity contribution is 6.25. The predicted molar refractivity (Wildman–Crippen MR) is 183 cm³/mol. The van der Waals surface area contributed by atoms with Crippen LogP contribution in [-0.4, -0.2) is 0 Å². The molecule has 43 heavy (non-hydrogen) atoms. The summed E-state index contributed by atoms with van der Waals surface area (Å²) in [7, 11) is 0. The van der Waals surface area contributed by atoms with Crippen molar-refractivity contribution in [3.05, 3.63) is 158 Å². The molecule has 200 valence electrons. The first-order valence-electron chi connectivity index (χ1n) is 16.4. The molecule has 1 heterocycles. The zero-order valence-corrected chi connectivity index (χ0v) is 23.1. The molecule has 0 unspecified atom stereocenters. The van der Waals surface area contributed by atoms with Gasteiger partial charge in [-0.2, -0.15) is 0 Å². The van der Waals surface area contributed by atoms with Crippen LogP contribution in [-0.2, 0) is 0 Å². The number of hydrogen-bond acceptors (Lipinski definition) is 1. The van der Waals surface area contributed by atoms with E-state index in [2.05, 4.69) is 72.8 Å². The first-order chi connectivity index (χ1) is 23.0. The third-order valence-corrected chi connectivity index (χ3v) is 8.57. The van der Waals surface area contributed by atoms with E-state index < -0.39 is 0 Å². The second-order valence-corrected chi connectivity index (χ2v) is 10.9. The van der Waals surface area contributed by atoms with Gasteiger partial charge in [0.1, 0.15) is 11.2 Å². The van der Waals surface area contributed by atoms with Crippen molar-refractivity contribution in [3.63, 3.8) is 0 Å². The maximum absolute atomic E-state index is 9.25. The maximum Gasteiger partial charge on any atom is 0.143 e. The lowest BCUT2D eigenvalue weighted by atomic mass is 9.83. The molecule has 9 aromatic rings. The van der Waals surface area contributed by atoms with Crippen LogP contribution in [0.3, 0.4) is 0 Å². The molecule has 0 bridgehead atoms. The van der Waals surface area contributed by atoms with E-state index in [1.165, 1.54) is 0 Å². The van der Waals surface area contributed by atoms with Gasteiger partial charge in [-0.1, -0.05) is 145 Å². The SMILES string of the molecule is [2H]c1c([2H])c([2H])c(-c2c3ccccc3c(-c3cccc4c3oc3cc5ccccc5cc34)c3ccccc23)c(-c2ccccc2)c1[2H]. The molecular weight excluding hydrogens is 520 g/mol. The summed E-state index contributed by atoms with van der Waals surface area (Å²) in [6, 6.07) is 44.2. The average Bonchev–Trinajstić information content (AvgIpc) is 3.48. The van der Waals surface area contributed by atoms with Gasteiger partial charge in [-0.25, -0.2) is 0 Å². The molecule has 0 aliphatic rings. The van der Waals surface area contributed by atoms with Gasteiger partial charge in [0.15, 0.2) is 0 Å². The van der Waals surface area contributed by atoms with Crippen LogP contribution in [0.15, 0.2) is 162 Å². The Morgan fingerprint density at radius 3 is 1.63 bits per heavy atom. The van der Waals surface area contributed by atoms with Gasteiger partial charge in [0.25, 0.3) is 0 Å². The number of furan rings is 1. The fourth-order valence-corrected chi connectivity index (χ4v) is 6.69. The second kappa shape index (κ2) is 9.44. The molecular formula is C42H26O. The van der Waals surface area contributed by atoms with Gasteiger partial charge in [-0.3, -0.25) is 0 Å². The van der Waals surface area contributed by atoms with E-state index in [0.717, 1.165) is 76.5 Å². The van der Waals surface area contributed by atoms with Crippen LogP contribution in [0.25, 0.3) is 87.6 Å². The summed E-state index contributed by atoms with van der Waals surface area (Å²) in [6.45, 7) is 0. The minimum atomic E-state index is -0.249. The lowest BCUT2D eigenvalue weighted by Crippen LogP contribution is -1.92. The van der Waals surface area contributed by atoms with Crippen molar-refractivity contribution in [2.24, 2.45) is 0 Å². The normalized spacial score (nSPS) is 13.0. The summed E-state index contributed by atoms with van der Waals surface area (Å²) >= 11 is 0. The Labute approximate surface area is 254 Å². The molecule has 0 fully saturated rings. The van der Waals surface area contributed by atoms with Crippen molar-refractivity contribution in [1.82, 2.24) is 0 Å². The van der Waals surface area contributed by atoms with E-state index >= 15 is 0 Å². The molecule has 0 N–H and O–H groups in total. The van der Waals surface area contributed by atoms with Crippen molar-refractivity contribution in [2.75, 3.05) is 0 Å². The van der Waals surface area contributed by atoms with Crippen LogP contribution in [0.4, 0.5) is 0 Å². The van der Waals surface area contributed by atoms with Gasteiger partial charge >= 0.3 is 0 Å². The fourth-order valence-electron chi connectivity index (χ4n) is 6.69. The largest absolute Gasteiger partial charge is 0.455 e. The molecule has 0 aliphatic carbocycles. The number of rotatable bonds is 3. The van der Waals surface area contributed by atoms with Crippen LogP contribution in [0.1, 0.15) is 5.48 Å². The highest BCUT2D eigenvalue weighted by Gasteiger charge is 2.21. The van der Waals surface area contributed by atoms with E-state index in [-0.39, 0.29) is 24.2 Å². The van der Waals surface area contributed by atoms with Crippen molar-refractivity contribution < 1.29 is 9.90 Å². The van der Waals surface area contributed by atoms with Gasteiger partial charge in [0.05, 0.1) is 5.48 Å². The number of hydrogen-bond donors (Lipinski definition) is 0. The Hall–Kier alpha value is -5.66. The topological polar surface area (TPSA) is 13.1 Å². The number of fused-ring (bicyclic) bond motifs is 6. The molecule has 1 aromatic heterocycles. The van der Waals surface area contributed by atoms with Crippen molar-refractivity contribution in [1.29, 1.82) is 0 Å². The summed E-state index contributed by atoms with van der Waals surface area (Å²) < 4.78 is 42.3. The minimum Gasteiger partial charge on any atom is -0.455 e. The summed E-state index contributed by atoms with van der Waals surface area (Å²) in [4.78, 5) is 0. The maximum atomic E-state index is 9.25. The molecule has 0 atom stereocenters. The Morgan fingerprint density at radius 1 is 0.419 bits per heavy atom. The molecule has 0 spiro atoms. The van der Waals surface area contributed by atoms with E-state index in [4.69, 9.17) is 8.53 Å². The summed E-state index contributed by atoms with van der Waals surface area (Å²) in [5.74, 6) is 0. The van der Waals surface area contributed by atoms with Crippen LogP contribution >= 0.6 is 0 Å². The van der Waals surface area contributed by atoms with E-state index in [1.54, 1.807) is 0 Å². The first-order valence-corrected chi connectivity index (χ1v) is 14.4. The molecule has 9 rings (SSSR count).